The Morgan fingerprint density at radius 2 is 1.92 bits per heavy atom. The lowest BCUT2D eigenvalue weighted by atomic mass is 10.1. The van der Waals surface area contributed by atoms with E-state index in [2.05, 4.69) is 9.71 Å². The van der Waals surface area contributed by atoms with Crippen LogP contribution in [0.2, 0.25) is 0 Å². The summed E-state index contributed by atoms with van der Waals surface area (Å²) < 4.78 is 32.3. The Labute approximate surface area is 138 Å². The first-order valence-corrected chi connectivity index (χ1v) is 8.76. The minimum Gasteiger partial charge on any atom is -0.408 e. The first-order chi connectivity index (χ1) is 11.5. The maximum absolute atomic E-state index is 12.5. The Kier molecular flexibility index (Phi) is 4.52. The molecule has 1 unspecified atom stereocenters. The van der Waals surface area contributed by atoms with Gasteiger partial charge in [-0.25, -0.2) is 17.9 Å². The van der Waals surface area contributed by atoms with Crippen LogP contribution in [-0.4, -0.2) is 31.2 Å². The number of hydrogen-bond donors (Lipinski definition) is 3. The Balaban J connectivity index is 1.83. The number of fused-ring (bicyclic) bond motifs is 1. The summed E-state index contributed by atoms with van der Waals surface area (Å²) in [4.78, 5) is 13.6. The molecule has 0 bridgehead atoms. The predicted molar refractivity (Wildman–Crippen MR) is 88.2 cm³/mol. The lowest BCUT2D eigenvalue weighted by molar-refractivity contribution is 0.256. The molecule has 24 heavy (non-hydrogen) atoms. The van der Waals surface area contributed by atoms with Crippen LogP contribution in [0.15, 0.2) is 62.6 Å². The highest BCUT2D eigenvalue weighted by molar-refractivity contribution is 7.89. The number of aliphatic hydroxyl groups excluding tert-OH is 1. The fourth-order valence-electron chi connectivity index (χ4n) is 2.42. The molecule has 0 aliphatic heterocycles. The summed E-state index contributed by atoms with van der Waals surface area (Å²) in [6, 6.07) is 12.7. The Morgan fingerprint density at radius 1 is 1.17 bits per heavy atom. The molecule has 2 aromatic carbocycles. The third kappa shape index (κ3) is 3.56. The minimum absolute atomic E-state index is 0.0377. The van der Waals surface area contributed by atoms with Crippen molar-refractivity contribution in [3.63, 3.8) is 0 Å². The van der Waals surface area contributed by atoms with Crippen molar-refractivity contribution in [2.45, 2.75) is 17.4 Å². The molecule has 0 spiro atoms. The van der Waals surface area contributed by atoms with E-state index in [0.717, 1.165) is 5.56 Å². The zero-order valence-corrected chi connectivity index (χ0v) is 13.4. The summed E-state index contributed by atoms with van der Waals surface area (Å²) in [5.74, 6) is -0.648. The molecule has 1 heterocycles. The number of H-pyrrole nitrogens is 1. The Hall–Kier alpha value is -2.42. The lowest BCUT2D eigenvalue weighted by Gasteiger charge is -2.16. The molecule has 0 saturated heterocycles. The number of aliphatic hydroxyl groups is 1. The van der Waals surface area contributed by atoms with Crippen LogP contribution < -0.4 is 10.5 Å². The number of aromatic amines is 1. The first-order valence-electron chi connectivity index (χ1n) is 7.28. The average Bonchev–Trinajstić information content (AvgIpc) is 2.94. The lowest BCUT2D eigenvalue weighted by Crippen LogP contribution is -2.39. The molecule has 0 saturated carbocycles. The van der Waals surface area contributed by atoms with Gasteiger partial charge in [0.25, 0.3) is 0 Å². The number of sulfonamides is 1. The zero-order valence-electron chi connectivity index (χ0n) is 12.6. The van der Waals surface area contributed by atoms with E-state index in [0.29, 0.717) is 11.9 Å². The number of nitrogens with one attached hydrogen (secondary N) is 2. The van der Waals surface area contributed by atoms with Gasteiger partial charge in [-0.15, -0.1) is 0 Å². The van der Waals surface area contributed by atoms with Gasteiger partial charge in [0.15, 0.2) is 5.58 Å². The molecule has 3 aromatic rings. The van der Waals surface area contributed by atoms with Crippen molar-refractivity contribution in [3.05, 3.63) is 64.6 Å². The van der Waals surface area contributed by atoms with Crippen LogP contribution in [0, 0.1) is 0 Å². The fourth-order valence-corrected chi connectivity index (χ4v) is 3.66. The molecule has 0 radical (unpaired) electrons. The van der Waals surface area contributed by atoms with E-state index in [1.54, 1.807) is 0 Å². The fraction of sp³-hybridized carbons (Fsp3) is 0.188. The van der Waals surface area contributed by atoms with Crippen LogP contribution >= 0.6 is 0 Å². The van der Waals surface area contributed by atoms with Gasteiger partial charge in [0.1, 0.15) is 0 Å². The van der Waals surface area contributed by atoms with Crippen molar-refractivity contribution in [1.82, 2.24) is 9.71 Å². The van der Waals surface area contributed by atoms with Crippen molar-refractivity contribution < 1.29 is 17.9 Å². The molecule has 8 heteroatoms. The molecule has 0 fully saturated rings. The van der Waals surface area contributed by atoms with Gasteiger partial charge in [0.05, 0.1) is 17.0 Å². The van der Waals surface area contributed by atoms with Crippen LogP contribution in [0.3, 0.4) is 0 Å². The van der Waals surface area contributed by atoms with E-state index < -0.39 is 21.8 Å². The summed E-state index contributed by atoms with van der Waals surface area (Å²) in [5.41, 5.74) is 1.49. The van der Waals surface area contributed by atoms with Crippen LogP contribution in [0.1, 0.15) is 5.56 Å². The third-order valence-corrected chi connectivity index (χ3v) is 5.09. The second-order valence-electron chi connectivity index (χ2n) is 5.36. The van der Waals surface area contributed by atoms with Gasteiger partial charge < -0.3 is 9.52 Å². The van der Waals surface area contributed by atoms with Crippen molar-refractivity contribution >= 4 is 21.1 Å². The standard InChI is InChI=1S/C16H16N2O5S/c19-10-12(8-11-4-2-1-3-5-11)18-24(21,22)13-6-7-14-15(9-13)23-16(20)17-14/h1-7,9,12,18-19H,8,10H2,(H,17,20). The van der Waals surface area contributed by atoms with Gasteiger partial charge in [-0.3, -0.25) is 4.98 Å². The molecule has 0 amide bonds. The molecule has 3 N–H and O–H groups in total. The Bertz CT molecular complexity index is 992. The van der Waals surface area contributed by atoms with E-state index in [4.69, 9.17) is 4.42 Å². The molecule has 7 nitrogen and oxygen atoms in total. The largest absolute Gasteiger partial charge is 0.417 e. The molecule has 1 aromatic heterocycles. The number of oxazole rings is 1. The quantitative estimate of drug-likeness (QED) is 0.615. The first kappa shape index (κ1) is 16.4. The second kappa shape index (κ2) is 6.60. The maximum atomic E-state index is 12.5. The average molecular weight is 348 g/mol. The normalized spacial score (nSPS) is 13.2. The summed E-state index contributed by atoms with van der Waals surface area (Å²) in [5, 5.41) is 9.48. The Morgan fingerprint density at radius 3 is 2.62 bits per heavy atom. The van der Waals surface area contributed by atoms with Crippen LogP contribution in [-0.2, 0) is 16.4 Å². The zero-order chi connectivity index (χ0) is 17.2. The van der Waals surface area contributed by atoms with Crippen LogP contribution in [0.5, 0.6) is 0 Å². The van der Waals surface area contributed by atoms with Gasteiger partial charge in [0.2, 0.25) is 10.0 Å². The number of rotatable bonds is 6. The van der Waals surface area contributed by atoms with Gasteiger partial charge in [-0.05, 0) is 24.1 Å². The summed E-state index contributed by atoms with van der Waals surface area (Å²) in [7, 11) is -3.86. The topological polar surface area (TPSA) is 112 Å². The molecular formula is C16H16N2O5S. The van der Waals surface area contributed by atoms with E-state index in [-0.39, 0.29) is 17.1 Å². The highest BCUT2D eigenvalue weighted by Gasteiger charge is 2.21. The number of aromatic nitrogens is 1. The van der Waals surface area contributed by atoms with E-state index in [9.17, 15) is 18.3 Å². The van der Waals surface area contributed by atoms with Gasteiger partial charge in [-0.1, -0.05) is 30.3 Å². The smallest absolute Gasteiger partial charge is 0.408 e. The highest BCUT2D eigenvalue weighted by Crippen LogP contribution is 2.17. The van der Waals surface area contributed by atoms with Gasteiger partial charge in [0, 0.05) is 12.1 Å². The summed E-state index contributed by atoms with van der Waals surface area (Å²) in [6.07, 6.45) is 0.359. The van der Waals surface area contributed by atoms with Crippen molar-refractivity contribution in [3.8, 4) is 0 Å². The van der Waals surface area contributed by atoms with E-state index in [1.807, 2.05) is 30.3 Å². The molecule has 0 aliphatic rings. The van der Waals surface area contributed by atoms with Crippen molar-refractivity contribution in [2.75, 3.05) is 6.61 Å². The number of hydrogen-bond acceptors (Lipinski definition) is 5. The van der Waals surface area contributed by atoms with Gasteiger partial charge >= 0.3 is 5.76 Å². The van der Waals surface area contributed by atoms with Crippen molar-refractivity contribution in [1.29, 1.82) is 0 Å². The predicted octanol–water partition coefficient (Wildman–Crippen LogP) is 1.00. The molecule has 126 valence electrons. The van der Waals surface area contributed by atoms with Crippen molar-refractivity contribution in [2.24, 2.45) is 0 Å². The van der Waals surface area contributed by atoms with Crippen LogP contribution in [0.25, 0.3) is 11.1 Å². The van der Waals surface area contributed by atoms with Gasteiger partial charge in [-0.2, -0.15) is 0 Å². The third-order valence-electron chi connectivity index (χ3n) is 3.57. The second-order valence-corrected chi connectivity index (χ2v) is 7.08. The monoisotopic (exact) mass is 348 g/mol. The van der Waals surface area contributed by atoms with E-state index >= 15 is 0 Å². The van der Waals surface area contributed by atoms with Crippen LogP contribution in [0.4, 0.5) is 0 Å². The summed E-state index contributed by atoms with van der Waals surface area (Å²) in [6.45, 7) is -0.338. The highest BCUT2D eigenvalue weighted by atomic mass is 32.2. The minimum atomic E-state index is -3.86. The molecule has 3 rings (SSSR count). The van der Waals surface area contributed by atoms with E-state index in [1.165, 1.54) is 18.2 Å². The molecular weight excluding hydrogens is 332 g/mol. The number of benzene rings is 2. The SMILES string of the molecule is O=c1[nH]c2ccc(S(=O)(=O)NC(CO)Cc3ccccc3)cc2o1. The summed E-state index contributed by atoms with van der Waals surface area (Å²) >= 11 is 0. The molecule has 0 aliphatic carbocycles. The maximum Gasteiger partial charge on any atom is 0.417 e. The molecule has 1 atom stereocenters.